The highest BCUT2D eigenvalue weighted by atomic mass is 32.2. The lowest BCUT2D eigenvalue weighted by molar-refractivity contribution is 0.306. The molecule has 0 radical (unpaired) electrons. The summed E-state index contributed by atoms with van der Waals surface area (Å²) in [6, 6.07) is 21.6. The Kier molecular flexibility index (Phi) is 5.78. The summed E-state index contributed by atoms with van der Waals surface area (Å²) in [5.41, 5.74) is 9.21. The molecule has 0 aliphatic heterocycles. The molecule has 0 amide bonds. The SMILES string of the molecule is Cc1cccc(COc2cccc(CNS(=O)(=O)c3ccc(N)cc3)c2)c1. The minimum atomic E-state index is -3.59. The quantitative estimate of drug-likeness (QED) is 0.611. The molecule has 3 N–H and O–H groups in total. The third-order valence-corrected chi connectivity index (χ3v) is 5.46. The largest absolute Gasteiger partial charge is 0.489 e. The number of aryl methyl sites for hydroxylation is 1. The molecule has 3 rings (SSSR count). The molecule has 6 heteroatoms. The van der Waals surface area contributed by atoms with E-state index in [1.807, 2.05) is 49.4 Å². The number of anilines is 1. The second-order valence-corrected chi connectivity index (χ2v) is 8.09. The molecule has 0 aliphatic carbocycles. The van der Waals surface area contributed by atoms with Crippen molar-refractivity contribution in [1.29, 1.82) is 0 Å². The van der Waals surface area contributed by atoms with Crippen molar-refractivity contribution in [3.05, 3.63) is 89.5 Å². The summed E-state index contributed by atoms with van der Waals surface area (Å²) >= 11 is 0. The summed E-state index contributed by atoms with van der Waals surface area (Å²) in [5, 5.41) is 0. The highest BCUT2D eigenvalue weighted by Crippen LogP contribution is 2.17. The molecule has 3 aromatic rings. The maximum absolute atomic E-state index is 12.4. The first kappa shape index (κ1) is 18.9. The van der Waals surface area contributed by atoms with E-state index >= 15 is 0 Å². The van der Waals surface area contributed by atoms with E-state index in [2.05, 4.69) is 10.8 Å². The Labute approximate surface area is 159 Å². The molecular formula is C21H22N2O3S. The molecule has 0 fully saturated rings. The first-order chi connectivity index (χ1) is 12.9. The predicted octanol–water partition coefficient (Wildman–Crippen LogP) is 3.63. The van der Waals surface area contributed by atoms with E-state index in [1.165, 1.54) is 17.7 Å². The van der Waals surface area contributed by atoms with E-state index in [0.717, 1.165) is 11.1 Å². The molecule has 0 bridgehead atoms. The van der Waals surface area contributed by atoms with E-state index in [-0.39, 0.29) is 11.4 Å². The molecule has 140 valence electrons. The molecule has 27 heavy (non-hydrogen) atoms. The maximum atomic E-state index is 12.4. The van der Waals surface area contributed by atoms with Gasteiger partial charge in [0.05, 0.1) is 4.90 Å². The van der Waals surface area contributed by atoms with Crippen molar-refractivity contribution in [2.45, 2.75) is 25.0 Å². The Bertz CT molecular complexity index is 1020. The molecule has 3 aromatic carbocycles. The van der Waals surface area contributed by atoms with E-state index < -0.39 is 10.0 Å². The maximum Gasteiger partial charge on any atom is 0.240 e. The molecule has 5 nitrogen and oxygen atoms in total. The highest BCUT2D eigenvalue weighted by Gasteiger charge is 2.13. The predicted molar refractivity (Wildman–Crippen MR) is 107 cm³/mol. The van der Waals surface area contributed by atoms with Gasteiger partial charge in [-0.05, 0) is 54.4 Å². The Balaban J connectivity index is 1.62. The number of hydrogen-bond donors (Lipinski definition) is 2. The van der Waals surface area contributed by atoms with Crippen LogP contribution in [0, 0.1) is 6.92 Å². The highest BCUT2D eigenvalue weighted by molar-refractivity contribution is 7.89. The molecule has 0 heterocycles. The van der Waals surface area contributed by atoms with Crippen LogP contribution in [0.2, 0.25) is 0 Å². The van der Waals surface area contributed by atoms with Crippen molar-refractivity contribution in [3.63, 3.8) is 0 Å². The lowest BCUT2D eigenvalue weighted by Gasteiger charge is -2.10. The number of ether oxygens (including phenoxy) is 1. The van der Waals surface area contributed by atoms with Crippen molar-refractivity contribution >= 4 is 15.7 Å². The summed E-state index contributed by atoms with van der Waals surface area (Å²) < 4.78 is 33.1. The first-order valence-electron chi connectivity index (χ1n) is 8.55. The minimum absolute atomic E-state index is 0.175. The summed E-state index contributed by atoms with van der Waals surface area (Å²) in [7, 11) is -3.59. The average Bonchev–Trinajstić information content (AvgIpc) is 2.66. The van der Waals surface area contributed by atoms with Crippen LogP contribution in [0.25, 0.3) is 0 Å². The lowest BCUT2D eigenvalue weighted by Crippen LogP contribution is -2.23. The number of rotatable bonds is 7. The molecular weight excluding hydrogens is 360 g/mol. The second-order valence-electron chi connectivity index (χ2n) is 6.32. The molecule has 0 saturated heterocycles. The number of nitrogens with one attached hydrogen (secondary N) is 1. The molecule has 0 aliphatic rings. The smallest absolute Gasteiger partial charge is 0.240 e. The topological polar surface area (TPSA) is 81.4 Å². The Morgan fingerprint density at radius 2 is 1.63 bits per heavy atom. The number of nitrogens with two attached hydrogens (primary N) is 1. The van der Waals surface area contributed by atoms with Gasteiger partial charge >= 0.3 is 0 Å². The van der Waals surface area contributed by atoms with Crippen LogP contribution in [0.1, 0.15) is 16.7 Å². The van der Waals surface area contributed by atoms with Crippen molar-refractivity contribution < 1.29 is 13.2 Å². The summed E-state index contributed by atoms with van der Waals surface area (Å²) in [4.78, 5) is 0.184. The van der Waals surface area contributed by atoms with Crippen molar-refractivity contribution in [2.75, 3.05) is 5.73 Å². The van der Waals surface area contributed by atoms with Gasteiger partial charge in [0.1, 0.15) is 12.4 Å². The lowest BCUT2D eigenvalue weighted by atomic mass is 10.1. The van der Waals surface area contributed by atoms with Gasteiger partial charge in [-0.2, -0.15) is 0 Å². The minimum Gasteiger partial charge on any atom is -0.489 e. The van der Waals surface area contributed by atoms with Gasteiger partial charge in [-0.3, -0.25) is 0 Å². The third kappa shape index (κ3) is 5.32. The normalized spacial score (nSPS) is 11.3. The van der Waals surface area contributed by atoms with Gasteiger partial charge in [-0.1, -0.05) is 42.0 Å². The molecule has 0 unspecified atom stereocenters. The van der Waals surface area contributed by atoms with Crippen LogP contribution in [-0.4, -0.2) is 8.42 Å². The summed E-state index contributed by atoms with van der Waals surface area (Å²) in [5.74, 6) is 0.695. The van der Waals surface area contributed by atoms with Crippen molar-refractivity contribution in [1.82, 2.24) is 4.72 Å². The van der Waals surface area contributed by atoms with Gasteiger partial charge in [0.25, 0.3) is 0 Å². The summed E-state index contributed by atoms with van der Waals surface area (Å²) in [6.07, 6.45) is 0. The fourth-order valence-electron chi connectivity index (χ4n) is 2.62. The molecule has 0 atom stereocenters. The van der Waals surface area contributed by atoms with Crippen LogP contribution in [0.5, 0.6) is 5.75 Å². The molecule has 0 aromatic heterocycles. The number of benzene rings is 3. The molecule has 0 saturated carbocycles. The summed E-state index contributed by atoms with van der Waals surface area (Å²) in [6.45, 7) is 2.67. The van der Waals surface area contributed by atoms with Gasteiger partial charge in [-0.25, -0.2) is 13.1 Å². The molecule has 0 spiro atoms. The zero-order valence-electron chi connectivity index (χ0n) is 15.1. The van der Waals surface area contributed by atoms with Crippen LogP contribution in [0.4, 0.5) is 5.69 Å². The third-order valence-electron chi connectivity index (χ3n) is 4.04. The van der Waals surface area contributed by atoms with Crippen LogP contribution in [-0.2, 0) is 23.2 Å². The fourth-order valence-corrected chi connectivity index (χ4v) is 3.64. The zero-order chi connectivity index (χ0) is 19.3. The van der Waals surface area contributed by atoms with E-state index in [0.29, 0.717) is 18.0 Å². The van der Waals surface area contributed by atoms with Crippen LogP contribution in [0.3, 0.4) is 0 Å². The van der Waals surface area contributed by atoms with Crippen molar-refractivity contribution in [2.24, 2.45) is 0 Å². The Morgan fingerprint density at radius 3 is 2.37 bits per heavy atom. The standard InChI is InChI=1S/C21H22N2O3S/c1-16-4-2-6-18(12-16)15-26-20-7-3-5-17(13-20)14-23-27(24,25)21-10-8-19(22)9-11-21/h2-13,23H,14-15,22H2,1H3. The number of nitrogen functional groups attached to an aromatic ring is 1. The van der Waals surface area contributed by atoms with Crippen molar-refractivity contribution in [3.8, 4) is 5.75 Å². The van der Waals surface area contributed by atoms with E-state index in [9.17, 15) is 8.42 Å². The van der Waals surface area contributed by atoms with E-state index in [4.69, 9.17) is 10.5 Å². The van der Waals surface area contributed by atoms with Gasteiger partial charge in [0.2, 0.25) is 10.0 Å². The Morgan fingerprint density at radius 1 is 0.926 bits per heavy atom. The monoisotopic (exact) mass is 382 g/mol. The second kappa shape index (κ2) is 8.24. The van der Waals surface area contributed by atoms with Crippen LogP contribution < -0.4 is 15.2 Å². The van der Waals surface area contributed by atoms with E-state index in [1.54, 1.807) is 12.1 Å². The van der Waals surface area contributed by atoms with Crippen LogP contribution >= 0.6 is 0 Å². The average molecular weight is 382 g/mol. The van der Waals surface area contributed by atoms with Gasteiger partial charge in [-0.15, -0.1) is 0 Å². The number of sulfonamides is 1. The zero-order valence-corrected chi connectivity index (χ0v) is 15.9. The van der Waals surface area contributed by atoms with Gasteiger partial charge in [0.15, 0.2) is 0 Å². The first-order valence-corrected chi connectivity index (χ1v) is 10.0. The Hall–Kier alpha value is -2.83. The van der Waals surface area contributed by atoms with Crippen LogP contribution in [0.15, 0.2) is 77.7 Å². The van der Waals surface area contributed by atoms with Gasteiger partial charge in [0, 0.05) is 12.2 Å². The van der Waals surface area contributed by atoms with Gasteiger partial charge < -0.3 is 10.5 Å². The fraction of sp³-hybridized carbons (Fsp3) is 0.143. The number of hydrogen-bond acceptors (Lipinski definition) is 4.